The van der Waals surface area contributed by atoms with E-state index < -0.39 is 0 Å². The van der Waals surface area contributed by atoms with Gasteiger partial charge >= 0.3 is 0 Å². The number of aryl methyl sites for hydroxylation is 1. The smallest absolute Gasteiger partial charge is 0.237 e. The zero-order valence-electron chi connectivity index (χ0n) is 14.5. The lowest BCUT2D eigenvalue weighted by Crippen LogP contribution is -2.46. The highest BCUT2D eigenvalue weighted by Gasteiger charge is 2.13. The third kappa shape index (κ3) is 7.26. The fraction of sp³-hybridized carbons (Fsp3) is 0.350. The normalized spacial score (nSPS) is 13.2. The van der Waals surface area contributed by atoms with E-state index in [2.05, 4.69) is 22.8 Å². The molecule has 0 aromatic heterocycles. The van der Waals surface area contributed by atoms with Gasteiger partial charge < -0.3 is 16.4 Å². The molecular weight excluding hydrogens is 334 g/mol. The zero-order valence-corrected chi connectivity index (χ0v) is 15.3. The minimum Gasteiger partial charge on any atom is -0.351 e. The molecule has 0 aliphatic heterocycles. The molecule has 2 rings (SSSR count). The van der Waals surface area contributed by atoms with E-state index in [1.807, 2.05) is 49.4 Å². The van der Waals surface area contributed by atoms with Crippen molar-refractivity contribution in [2.24, 2.45) is 5.73 Å². The van der Waals surface area contributed by atoms with Gasteiger partial charge in [0.2, 0.25) is 5.91 Å². The number of carbonyl (C=O) groups excluding carboxylic acids is 1. The van der Waals surface area contributed by atoms with Gasteiger partial charge in [-0.15, -0.1) is 0 Å². The fourth-order valence-corrected chi connectivity index (χ4v) is 2.72. The lowest BCUT2D eigenvalue weighted by atomic mass is 10.1. The molecule has 4 N–H and O–H groups in total. The molecule has 0 aliphatic carbocycles. The molecular formula is C20H26ClN3O. The lowest BCUT2D eigenvalue weighted by Gasteiger charge is -2.18. The Hall–Kier alpha value is -1.88. The SMILES string of the molecule is C[C@H](NC[C@H](N)CCc1ccccc1)C(=O)NCc1cccc(Cl)c1. The Labute approximate surface area is 154 Å². The Kier molecular flexibility index (Phi) is 7.92. The summed E-state index contributed by atoms with van der Waals surface area (Å²) in [6.07, 6.45) is 1.83. The highest BCUT2D eigenvalue weighted by molar-refractivity contribution is 6.30. The van der Waals surface area contributed by atoms with Gasteiger partial charge in [0.25, 0.3) is 0 Å². The molecule has 0 saturated carbocycles. The summed E-state index contributed by atoms with van der Waals surface area (Å²) in [5.41, 5.74) is 8.40. The standard InChI is InChI=1S/C20H26ClN3O/c1-15(20(25)24-13-17-8-5-9-18(21)12-17)23-14-19(22)11-10-16-6-3-2-4-7-16/h2-9,12,15,19,23H,10-11,13-14,22H2,1H3,(H,24,25)/t15-,19+/m0/s1. The average molecular weight is 360 g/mol. The van der Waals surface area contributed by atoms with Gasteiger partial charge in [-0.1, -0.05) is 54.1 Å². The molecule has 0 unspecified atom stereocenters. The maximum absolute atomic E-state index is 12.1. The summed E-state index contributed by atoms with van der Waals surface area (Å²) in [5.74, 6) is -0.0461. The number of halogens is 1. The second kappa shape index (κ2) is 10.2. The Morgan fingerprint density at radius 3 is 2.56 bits per heavy atom. The molecule has 2 atom stereocenters. The Balaban J connectivity index is 1.66. The Bertz CT molecular complexity index is 663. The van der Waals surface area contributed by atoms with Crippen LogP contribution < -0.4 is 16.4 Å². The minimum absolute atomic E-state index is 0.0170. The first kappa shape index (κ1) is 19.4. The predicted octanol–water partition coefficient (Wildman–Crippen LogP) is 2.89. The quantitative estimate of drug-likeness (QED) is 0.645. The second-order valence-electron chi connectivity index (χ2n) is 6.26. The van der Waals surface area contributed by atoms with E-state index in [9.17, 15) is 4.79 Å². The van der Waals surface area contributed by atoms with E-state index in [0.717, 1.165) is 18.4 Å². The summed E-state index contributed by atoms with van der Waals surface area (Å²) in [6.45, 7) is 2.92. The van der Waals surface area contributed by atoms with E-state index in [-0.39, 0.29) is 18.0 Å². The van der Waals surface area contributed by atoms with E-state index in [1.54, 1.807) is 0 Å². The van der Waals surface area contributed by atoms with Gasteiger partial charge in [0.1, 0.15) is 0 Å². The fourth-order valence-electron chi connectivity index (χ4n) is 2.51. The maximum atomic E-state index is 12.1. The van der Waals surface area contributed by atoms with Crippen LogP contribution in [0.1, 0.15) is 24.5 Å². The van der Waals surface area contributed by atoms with Crippen LogP contribution in [0.25, 0.3) is 0 Å². The summed E-state index contributed by atoms with van der Waals surface area (Å²) in [5, 5.41) is 6.78. The molecule has 0 fully saturated rings. The molecule has 1 amide bonds. The van der Waals surface area contributed by atoms with Crippen molar-refractivity contribution in [3.8, 4) is 0 Å². The first-order chi connectivity index (χ1) is 12.0. The first-order valence-electron chi connectivity index (χ1n) is 8.59. The van der Waals surface area contributed by atoms with Gasteiger partial charge in [-0.2, -0.15) is 0 Å². The van der Waals surface area contributed by atoms with Crippen LogP contribution in [0.2, 0.25) is 5.02 Å². The van der Waals surface area contributed by atoms with Crippen molar-refractivity contribution in [3.05, 3.63) is 70.7 Å². The zero-order chi connectivity index (χ0) is 18.1. The number of rotatable bonds is 9. The van der Waals surface area contributed by atoms with Crippen molar-refractivity contribution < 1.29 is 4.79 Å². The van der Waals surface area contributed by atoms with Crippen LogP contribution in [0.3, 0.4) is 0 Å². The van der Waals surface area contributed by atoms with Crippen molar-refractivity contribution in [2.75, 3.05) is 6.54 Å². The van der Waals surface area contributed by atoms with Crippen molar-refractivity contribution >= 4 is 17.5 Å². The topological polar surface area (TPSA) is 67.1 Å². The Morgan fingerprint density at radius 2 is 1.84 bits per heavy atom. The number of nitrogens with two attached hydrogens (primary N) is 1. The van der Waals surface area contributed by atoms with Gasteiger partial charge in [-0.3, -0.25) is 4.79 Å². The molecule has 0 bridgehead atoms. The third-order valence-electron chi connectivity index (χ3n) is 4.08. The molecule has 25 heavy (non-hydrogen) atoms. The highest BCUT2D eigenvalue weighted by atomic mass is 35.5. The van der Waals surface area contributed by atoms with Crippen molar-refractivity contribution in [1.82, 2.24) is 10.6 Å². The van der Waals surface area contributed by atoms with Crippen LogP contribution in [-0.4, -0.2) is 24.5 Å². The van der Waals surface area contributed by atoms with Crippen LogP contribution >= 0.6 is 11.6 Å². The van der Waals surface area contributed by atoms with Gasteiger partial charge in [-0.05, 0) is 43.0 Å². The largest absolute Gasteiger partial charge is 0.351 e. The molecule has 0 spiro atoms. The molecule has 2 aromatic rings. The van der Waals surface area contributed by atoms with Crippen LogP contribution in [0, 0.1) is 0 Å². The van der Waals surface area contributed by atoms with Crippen LogP contribution in [0.15, 0.2) is 54.6 Å². The highest BCUT2D eigenvalue weighted by Crippen LogP contribution is 2.10. The van der Waals surface area contributed by atoms with Crippen LogP contribution in [0.5, 0.6) is 0 Å². The van der Waals surface area contributed by atoms with Crippen molar-refractivity contribution in [1.29, 1.82) is 0 Å². The molecule has 0 radical (unpaired) electrons. The van der Waals surface area contributed by atoms with Gasteiger partial charge in [0, 0.05) is 24.2 Å². The van der Waals surface area contributed by atoms with Crippen LogP contribution in [-0.2, 0) is 17.8 Å². The average Bonchev–Trinajstić information content (AvgIpc) is 2.63. The number of carbonyl (C=O) groups is 1. The Morgan fingerprint density at radius 1 is 1.12 bits per heavy atom. The predicted molar refractivity (Wildman–Crippen MR) is 104 cm³/mol. The summed E-state index contributed by atoms with van der Waals surface area (Å²) >= 11 is 5.94. The molecule has 0 saturated heterocycles. The van der Waals surface area contributed by atoms with Crippen molar-refractivity contribution in [2.45, 2.75) is 38.4 Å². The lowest BCUT2D eigenvalue weighted by molar-refractivity contribution is -0.122. The van der Waals surface area contributed by atoms with E-state index in [0.29, 0.717) is 18.1 Å². The maximum Gasteiger partial charge on any atom is 0.237 e. The number of amides is 1. The molecule has 0 aliphatic rings. The molecule has 134 valence electrons. The van der Waals surface area contributed by atoms with Crippen molar-refractivity contribution in [3.63, 3.8) is 0 Å². The first-order valence-corrected chi connectivity index (χ1v) is 8.97. The second-order valence-corrected chi connectivity index (χ2v) is 6.70. The minimum atomic E-state index is -0.290. The number of hydrogen-bond acceptors (Lipinski definition) is 3. The summed E-state index contributed by atoms with van der Waals surface area (Å²) in [7, 11) is 0. The molecule has 0 heterocycles. The van der Waals surface area contributed by atoms with E-state index in [4.69, 9.17) is 17.3 Å². The summed E-state index contributed by atoms with van der Waals surface area (Å²) in [4.78, 5) is 12.1. The molecule has 4 nitrogen and oxygen atoms in total. The molecule has 5 heteroatoms. The monoisotopic (exact) mass is 359 g/mol. The summed E-state index contributed by atoms with van der Waals surface area (Å²) in [6, 6.07) is 17.5. The van der Waals surface area contributed by atoms with E-state index in [1.165, 1.54) is 5.56 Å². The third-order valence-corrected chi connectivity index (χ3v) is 4.32. The summed E-state index contributed by atoms with van der Waals surface area (Å²) < 4.78 is 0. The van der Waals surface area contributed by atoms with E-state index >= 15 is 0 Å². The number of nitrogens with one attached hydrogen (secondary N) is 2. The van der Waals surface area contributed by atoms with Crippen LogP contribution in [0.4, 0.5) is 0 Å². The molecule has 2 aromatic carbocycles. The number of benzene rings is 2. The van der Waals surface area contributed by atoms with Gasteiger partial charge in [-0.25, -0.2) is 0 Å². The van der Waals surface area contributed by atoms with Gasteiger partial charge in [0.05, 0.1) is 6.04 Å². The van der Waals surface area contributed by atoms with Gasteiger partial charge in [0.15, 0.2) is 0 Å². The number of hydrogen-bond donors (Lipinski definition) is 3.